The average molecular weight is 234 g/mol. The van der Waals surface area contributed by atoms with Crippen molar-refractivity contribution in [2.75, 3.05) is 11.1 Å². The van der Waals surface area contributed by atoms with Crippen LogP contribution in [0, 0.1) is 5.82 Å². The van der Waals surface area contributed by atoms with E-state index in [9.17, 15) is 9.18 Å². The highest BCUT2D eigenvalue weighted by Gasteiger charge is 2.11. The van der Waals surface area contributed by atoms with Crippen molar-refractivity contribution in [1.82, 2.24) is 9.55 Å². The van der Waals surface area contributed by atoms with Crippen molar-refractivity contribution in [2.45, 2.75) is 0 Å². The van der Waals surface area contributed by atoms with Crippen LogP contribution in [0.1, 0.15) is 10.5 Å². The Morgan fingerprint density at radius 1 is 1.53 bits per heavy atom. The first-order valence-electron chi connectivity index (χ1n) is 4.90. The maximum Gasteiger partial charge on any atom is 0.273 e. The van der Waals surface area contributed by atoms with Crippen molar-refractivity contribution >= 4 is 17.3 Å². The molecule has 0 aliphatic heterocycles. The van der Waals surface area contributed by atoms with Crippen LogP contribution in [-0.2, 0) is 7.05 Å². The monoisotopic (exact) mass is 234 g/mol. The summed E-state index contributed by atoms with van der Waals surface area (Å²) in [6, 6.07) is 3.80. The van der Waals surface area contributed by atoms with Gasteiger partial charge in [-0.3, -0.25) is 4.79 Å². The molecule has 0 spiro atoms. The fourth-order valence-corrected chi connectivity index (χ4v) is 1.41. The summed E-state index contributed by atoms with van der Waals surface area (Å²) < 4.78 is 14.4. The van der Waals surface area contributed by atoms with Crippen LogP contribution in [0.3, 0.4) is 0 Å². The normalized spacial score (nSPS) is 10.2. The Morgan fingerprint density at radius 2 is 2.29 bits per heavy atom. The lowest BCUT2D eigenvalue weighted by molar-refractivity contribution is 0.101. The molecule has 0 unspecified atom stereocenters. The van der Waals surface area contributed by atoms with Crippen molar-refractivity contribution in [2.24, 2.45) is 7.05 Å². The summed E-state index contributed by atoms with van der Waals surface area (Å²) >= 11 is 0. The van der Waals surface area contributed by atoms with E-state index >= 15 is 0 Å². The first-order chi connectivity index (χ1) is 8.08. The average Bonchev–Trinajstić information content (AvgIpc) is 2.68. The third-order valence-electron chi connectivity index (χ3n) is 2.31. The molecule has 0 saturated heterocycles. The van der Waals surface area contributed by atoms with Crippen molar-refractivity contribution in [3.63, 3.8) is 0 Å². The fraction of sp³-hybridized carbons (Fsp3) is 0.0909. The van der Waals surface area contributed by atoms with E-state index in [2.05, 4.69) is 10.3 Å². The van der Waals surface area contributed by atoms with Gasteiger partial charge in [-0.2, -0.15) is 0 Å². The van der Waals surface area contributed by atoms with Crippen LogP contribution in [0.2, 0.25) is 0 Å². The Hall–Kier alpha value is -2.37. The van der Waals surface area contributed by atoms with Gasteiger partial charge in [0.05, 0.1) is 23.9 Å². The zero-order chi connectivity index (χ0) is 12.4. The molecule has 1 aromatic heterocycles. The SMILES string of the molecule is Cn1cncc1C(=O)Nc1ccc(F)cc1N. The summed E-state index contributed by atoms with van der Waals surface area (Å²) in [7, 11) is 1.70. The predicted octanol–water partition coefficient (Wildman–Crippen LogP) is 1.39. The molecule has 3 N–H and O–H groups in total. The lowest BCUT2D eigenvalue weighted by Crippen LogP contribution is -2.16. The molecule has 5 nitrogen and oxygen atoms in total. The van der Waals surface area contributed by atoms with Gasteiger partial charge in [-0.25, -0.2) is 9.37 Å². The number of carbonyl (C=O) groups is 1. The van der Waals surface area contributed by atoms with E-state index in [0.29, 0.717) is 11.4 Å². The molecule has 0 fully saturated rings. The molecule has 88 valence electrons. The maximum absolute atomic E-state index is 12.8. The number of nitrogens with one attached hydrogen (secondary N) is 1. The van der Waals surface area contributed by atoms with Gasteiger partial charge in [0.2, 0.25) is 0 Å². The number of hydrogen-bond donors (Lipinski definition) is 2. The van der Waals surface area contributed by atoms with Gasteiger partial charge in [0.1, 0.15) is 11.5 Å². The highest BCUT2D eigenvalue weighted by atomic mass is 19.1. The Labute approximate surface area is 97.1 Å². The van der Waals surface area contributed by atoms with Crippen molar-refractivity contribution in [3.05, 3.63) is 42.2 Å². The molecule has 0 aliphatic rings. The van der Waals surface area contributed by atoms with E-state index < -0.39 is 5.82 Å². The van der Waals surface area contributed by atoms with Gasteiger partial charge in [0.25, 0.3) is 5.91 Å². The molecule has 2 aromatic rings. The summed E-state index contributed by atoms with van der Waals surface area (Å²) in [6.45, 7) is 0. The molecule has 0 radical (unpaired) electrons. The number of nitrogen functional groups attached to an aromatic ring is 1. The zero-order valence-corrected chi connectivity index (χ0v) is 9.14. The fourth-order valence-electron chi connectivity index (χ4n) is 1.41. The standard InChI is InChI=1S/C11H11FN4O/c1-16-6-14-5-10(16)11(17)15-9-3-2-7(12)4-8(9)13/h2-6H,13H2,1H3,(H,15,17). The number of hydrogen-bond acceptors (Lipinski definition) is 3. The molecule has 1 heterocycles. The lowest BCUT2D eigenvalue weighted by atomic mass is 10.2. The third-order valence-corrected chi connectivity index (χ3v) is 2.31. The number of nitrogens with zero attached hydrogens (tertiary/aromatic N) is 2. The Balaban J connectivity index is 2.22. The van der Waals surface area contributed by atoms with E-state index in [1.165, 1.54) is 24.7 Å². The molecular weight excluding hydrogens is 223 g/mol. The maximum atomic E-state index is 12.8. The number of nitrogens with two attached hydrogens (primary N) is 1. The molecule has 0 aliphatic carbocycles. The van der Waals surface area contributed by atoms with Gasteiger partial charge in [-0.05, 0) is 18.2 Å². The molecule has 6 heteroatoms. The van der Waals surface area contributed by atoms with Crippen molar-refractivity contribution < 1.29 is 9.18 Å². The Morgan fingerprint density at radius 3 is 2.88 bits per heavy atom. The zero-order valence-electron chi connectivity index (χ0n) is 9.14. The van der Waals surface area contributed by atoms with Gasteiger partial charge in [0, 0.05) is 7.05 Å². The molecule has 0 saturated carbocycles. The third kappa shape index (κ3) is 2.25. The Kier molecular flexibility index (Phi) is 2.78. The van der Waals surface area contributed by atoms with Crippen LogP contribution in [0.15, 0.2) is 30.7 Å². The van der Waals surface area contributed by atoms with Crippen LogP contribution in [0.25, 0.3) is 0 Å². The number of amides is 1. The summed E-state index contributed by atoms with van der Waals surface area (Å²) in [5, 5.41) is 2.59. The summed E-state index contributed by atoms with van der Waals surface area (Å²) in [4.78, 5) is 15.6. The minimum absolute atomic E-state index is 0.181. The van der Waals surface area contributed by atoms with E-state index in [-0.39, 0.29) is 11.6 Å². The van der Waals surface area contributed by atoms with Crippen LogP contribution < -0.4 is 11.1 Å². The van der Waals surface area contributed by atoms with E-state index in [4.69, 9.17) is 5.73 Å². The summed E-state index contributed by atoms with van der Waals surface area (Å²) in [5.41, 5.74) is 6.53. The minimum Gasteiger partial charge on any atom is -0.397 e. The topological polar surface area (TPSA) is 72.9 Å². The second kappa shape index (κ2) is 4.25. The summed E-state index contributed by atoms with van der Waals surface area (Å²) in [6.07, 6.45) is 2.96. The molecule has 1 amide bonds. The van der Waals surface area contributed by atoms with Crippen LogP contribution >= 0.6 is 0 Å². The smallest absolute Gasteiger partial charge is 0.273 e. The number of carbonyl (C=O) groups excluding carboxylic acids is 1. The van der Waals surface area contributed by atoms with Crippen molar-refractivity contribution in [1.29, 1.82) is 0 Å². The molecule has 0 bridgehead atoms. The van der Waals surface area contributed by atoms with E-state index in [1.807, 2.05) is 0 Å². The number of rotatable bonds is 2. The molecule has 2 rings (SSSR count). The molecule has 0 atom stereocenters. The van der Waals surface area contributed by atoms with Gasteiger partial charge in [-0.15, -0.1) is 0 Å². The van der Waals surface area contributed by atoms with Gasteiger partial charge < -0.3 is 15.6 Å². The largest absolute Gasteiger partial charge is 0.397 e. The molecule has 17 heavy (non-hydrogen) atoms. The Bertz CT molecular complexity index is 564. The number of aromatic nitrogens is 2. The summed E-state index contributed by atoms with van der Waals surface area (Å²) in [5.74, 6) is -0.788. The second-order valence-corrected chi connectivity index (χ2v) is 3.58. The quantitative estimate of drug-likeness (QED) is 0.771. The number of anilines is 2. The van der Waals surface area contributed by atoms with Crippen LogP contribution in [-0.4, -0.2) is 15.5 Å². The van der Waals surface area contributed by atoms with E-state index in [1.54, 1.807) is 11.6 Å². The minimum atomic E-state index is -0.443. The second-order valence-electron chi connectivity index (χ2n) is 3.58. The molecular formula is C11H11FN4O. The molecule has 1 aromatic carbocycles. The number of aryl methyl sites for hydroxylation is 1. The van der Waals surface area contributed by atoms with Crippen molar-refractivity contribution in [3.8, 4) is 0 Å². The number of benzene rings is 1. The predicted molar refractivity (Wildman–Crippen MR) is 62.0 cm³/mol. The van der Waals surface area contributed by atoms with Crippen LogP contribution in [0.4, 0.5) is 15.8 Å². The van der Waals surface area contributed by atoms with E-state index in [0.717, 1.165) is 6.07 Å². The first-order valence-corrected chi connectivity index (χ1v) is 4.90. The van der Waals surface area contributed by atoms with Gasteiger partial charge >= 0.3 is 0 Å². The number of imidazole rings is 1. The van der Waals surface area contributed by atoms with Gasteiger partial charge in [0.15, 0.2) is 0 Å². The first kappa shape index (κ1) is 11.1. The lowest BCUT2D eigenvalue weighted by Gasteiger charge is -2.08. The highest BCUT2D eigenvalue weighted by molar-refractivity contribution is 6.04. The highest BCUT2D eigenvalue weighted by Crippen LogP contribution is 2.19. The number of halogens is 1. The van der Waals surface area contributed by atoms with Gasteiger partial charge in [-0.1, -0.05) is 0 Å². The van der Waals surface area contributed by atoms with Crippen LogP contribution in [0.5, 0.6) is 0 Å².